The molecule has 1 atom stereocenters. The minimum absolute atomic E-state index is 0.0301. The van der Waals surface area contributed by atoms with Crippen molar-refractivity contribution in [3.05, 3.63) is 0 Å². The molecule has 0 bridgehead atoms. The molecule has 1 saturated heterocycles. The molecule has 17 heavy (non-hydrogen) atoms. The molecule has 1 unspecified atom stereocenters. The van der Waals surface area contributed by atoms with Crippen LogP contribution in [0.2, 0.25) is 0 Å². The maximum Gasteiger partial charge on any atom is 0.316 e. The Morgan fingerprint density at radius 3 is 2.29 bits per heavy atom. The van der Waals surface area contributed by atoms with Crippen molar-refractivity contribution in [2.75, 3.05) is 12.3 Å². The van der Waals surface area contributed by atoms with Gasteiger partial charge in [0.2, 0.25) is 11.8 Å². The average molecular weight is 259 g/mol. The lowest BCUT2D eigenvalue weighted by Gasteiger charge is -2.18. The van der Waals surface area contributed by atoms with Crippen LogP contribution in [0.4, 0.5) is 0 Å². The van der Waals surface area contributed by atoms with Gasteiger partial charge in [-0.2, -0.15) is 0 Å². The molecule has 0 aromatic rings. The van der Waals surface area contributed by atoms with E-state index in [4.69, 9.17) is 5.11 Å². The second kappa shape index (κ2) is 6.05. The first-order valence-corrected chi connectivity index (χ1v) is 6.66. The Hall–Kier alpha value is -1.04. The number of rotatable bonds is 6. The van der Waals surface area contributed by atoms with E-state index < -0.39 is 11.2 Å². The van der Waals surface area contributed by atoms with Gasteiger partial charge in [0.1, 0.15) is 5.25 Å². The third-order valence-electron chi connectivity index (χ3n) is 2.62. The Morgan fingerprint density at radius 2 is 1.88 bits per heavy atom. The molecule has 1 heterocycles. The summed E-state index contributed by atoms with van der Waals surface area (Å²) in [5.74, 6) is -0.627. The number of hydrogen-bond donors (Lipinski definition) is 1. The molecule has 1 fully saturated rings. The molecule has 2 amide bonds. The summed E-state index contributed by atoms with van der Waals surface area (Å²) in [5.41, 5.74) is 0. The topological polar surface area (TPSA) is 74.7 Å². The standard InChI is InChI=1S/C11H17NO4S/c1-7(2)10(11(15)16)17-6-5-12-8(13)3-4-9(12)14/h7,10H,3-6H2,1-2H3,(H,15,16). The van der Waals surface area contributed by atoms with Crippen LogP contribution in [0.3, 0.4) is 0 Å². The number of aliphatic carboxylic acids is 1. The number of hydrogen-bond acceptors (Lipinski definition) is 4. The molecule has 0 saturated carbocycles. The van der Waals surface area contributed by atoms with Crippen LogP contribution in [0.25, 0.3) is 0 Å². The zero-order chi connectivity index (χ0) is 13.0. The number of carboxylic acid groups (broad SMARTS) is 1. The SMILES string of the molecule is CC(C)C(SCCN1C(=O)CCC1=O)C(=O)O. The molecule has 96 valence electrons. The van der Waals surface area contributed by atoms with Crippen LogP contribution in [0, 0.1) is 5.92 Å². The molecule has 6 heteroatoms. The Balaban J connectivity index is 2.38. The van der Waals surface area contributed by atoms with Gasteiger partial charge < -0.3 is 5.11 Å². The van der Waals surface area contributed by atoms with Crippen molar-refractivity contribution in [3.8, 4) is 0 Å². The third-order valence-corrected chi connectivity index (χ3v) is 4.14. The van der Waals surface area contributed by atoms with Crippen molar-refractivity contribution in [1.29, 1.82) is 0 Å². The maximum absolute atomic E-state index is 11.3. The summed E-state index contributed by atoms with van der Waals surface area (Å²) < 4.78 is 0. The molecule has 0 aliphatic carbocycles. The zero-order valence-electron chi connectivity index (χ0n) is 10.0. The summed E-state index contributed by atoms with van der Waals surface area (Å²) in [7, 11) is 0. The summed E-state index contributed by atoms with van der Waals surface area (Å²) >= 11 is 1.28. The monoisotopic (exact) mass is 259 g/mol. The van der Waals surface area contributed by atoms with Crippen LogP contribution in [0.15, 0.2) is 0 Å². The lowest BCUT2D eigenvalue weighted by molar-refractivity contribution is -0.138. The molecule has 0 aromatic heterocycles. The zero-order valence-corrected chi connectivity index (χ0v) is 10.8. The summed E-state index contributed by atoms with van der Waals surface area (Å²) in [4.78, 5) is 34.8. The van der Waals surface area contributed by atoms with Gasteiger partial charge >= 0.3 is 5.97 Å². The highest BCUT2D eigenvalue weighted by Gasteiger charge is 2.29. The second-order valence-electron chi connectivity index (χ2n) is 4.31. The van der Waals surface area contributed by atoms with E-state index in [9.17, 15) is 14.4 Å². The summed E-state index contributed by atoms with van der Waals surface area (Å²) in [5, 5.41) is 8.49. The van der Waals surface area contributed by atoms with Gasteiger partial charge in [-0.1, -0.05) is 13.8 Å². The normalized spacial score (nSPS) is 17.9. The predicted molar refractivity (Wildman–Crippen MR) is 64.7 cm³/mol. The van der Waals surface area contributed by atoms with E-state index in [1.54, 1.807) is 0 Å². The van der Waals surface area contributed by atoms with Gasteiger partial charge in [0.05, 0.1) is 0 Å². The average Bonchev–Trinajstić information content (AvgIpc) is 2.53. The molecule has 1 rings (SSSR count). The molecule has 1 aliphatic rings. The highest BCUT2D eigenvalue weighted by Crippen LogP contribution is 2.21. The summed E-state index contributed by atoms with van der Waals surface area (Å²) in [6.07, 6.45) is 0.575. The quantitative estimate of drug-likeness (QED) is 0.720. The van der Waals surface area contributed by atoms with Gasteiger partial charge in [-0.3, -0.25) is 19.3 Å². The van der Waals surface area contributed by atoms with E-state index in [1.165, 1.54) is 16.7 Å². The van der Waals surface area contributed by atoms with Crippen molar-refractivity contribution < 1.29 is 19.5 Å². The predicted octanol–water partition coefficient (Wildman–Crippen LogP) is 0.978. The van der Waals surface area contributed by atoms with Crippen LogP contribution in [-0.4, -0.2) is 45.3 Å². The minimum Gasteiger partial charge on any atom is -0.480 e. The third kappa shape index (κ3) is 3.73. The first kappa shape index (κ1) is 14.0. The van der Waals surface area contributed by atoms with Crippen molar-refractivity contribution in [2.45, 2.75) is 31.9 Å². The second-order valence-corrected chi connectivity index (χ2v) is 5.56. The molecular weight excluding hydrogens is 242 g/mol. The number of thioether (sulfide) groups is 1. The fraction of sp³-hybridized carbons (Fsp3) is 0.727. The smallest absolute Gasteiger partial charge is 0.316 e. The highest BCUT2D eigenvalue weighted by atomic mass is 32.2. The van der Waals surface area contributed by atoms with Gasteiger partial charge in [-0.25, -0.2) is 0 Å². The van der Waals surface area contributed by atoms with Crippen LogP contribution in [-0.2, 0) is 14.4 Å². The van der Waals surface area contributed by atoms with Crippen molar-refractivity contribution in [1.82, 2.24) is 4.90 Å². The molecule has 1 aliphatic heterocycles. The van der Waals surface area contributed by atoms with Gasteiger partial charge in [-0.15, -0.1) is 11.8 Å². The van der Waals surface area contributed by atoms with Crippen molar-refractivity contribution in [3.63, 3.8) is 0 Å². The molecule has 0 aromatic carbocycles. The Morgan fingerprint density at radius 1 is 1.35 bits per heavy atom. The van der Waals surface area contributed by atoms with Crippen molar-refractivity contribution in [2.24, 2.45) is 5.92 Å². The number of likely N-dealkylation sites (tertiary alicyclic amines) is 1. The fourth-order valence-electron chi connectivity index (χ4n) is 1.69. The van der Waals surface area contributed by atoms with Gasteiger partial charge in [0.25, 0.3) is 0 Å². The maximum atomic E-state index is 11.3. The van der Waals surface area contributed by atoms with E-state index in [2.05, 4.69) is 0 Å². The van der Waals surface area contributed by atoms with Crippen molar-refractivity contribution >= 4 is 29.5 Å². The number of amides is 2. The van der Waals surface area contributed by atoms with Crippen LogP contribution in [0.1, 0.15) is 26.7 Å². The van der Waals surface area contributed by atoms with E-state index >= 15 is 0 Å². The van der Waals surface area contributed by atoms with Gasteiger partial charge in [0.15, 0.2) is 0 Å². The van der Waals surface area contributed by atoms with Gasteiger partial charge in [0, 0.05) is 25.1 Å². The molecule has 5 nitrogen and oxygen atoms in total. The molecule has 0 radical (unpaired) electrons. The van der Waals surface area contributed by atoms with E-state index in [1.807, 2.05) is 13.8 Å². The number of carboxylic acids is 1. The van der Waals surface area contributed by atoms with E-state index in [0.717, 1.165) is 0 Å². The van der Waals surface area contributed by atoms with E-state index in [0.29, 0.717) is 12.3 Å². The first-order valence-electron chi connectivity index (χ1n) is 5.61. The van der Waals surface area contributed by atoms with Crippen LogP contribution in [0.5, 0.6) is 0 Å². The number of carbonyl (C=O) groups excluding carboxylic acids is 2. The highest BCUT2D eigenvalue weighted by molar-refractivity contribution is 8.00. The first-order chi connectivity index (χ1) is 7.93. The molecule has 0 spiro atoms. The lowest BCUT2D eigenvalue weighted by atomic mass is 10.1. The summed E-state index contributed by atoms with van der Waals surface area (Å²) in [6.45, 7) is 4.01. The minimum atomic E-state index is -0.843. The largest absolute Gasteiger partial charge is 0.480 e. The number of carbonyl (C=O) groups is 3. The fourth-order valence-corrected chi connectivity index (χ4v) is 2.76. The molecule has 1 N–H and O–H groups in total. The Kier molecular flexibility index (Phi) is 4.99. The Bertz CT molecular complexity index is 313. The molecular formula is C11H17NO4S. The number of imide groups is 1. The lowest BCUT2D eigenvalue weighted by Crippen LogP contribution is -2.32. The number of nitrogens with zero attached hydrogens (tertiary/aromatic N) is 1. The Labute approximate surface area is 105 Å². The summed E-state index contributed by atoms with van der Waals surface area (Å²) in [6, 6.07) is 0. The van der Waals surface area contributed by atoms with Crippen LogP contribution < -0.4 is 0 Å². The van der Waals surface area contributed by atoms with E-state index in [-0.39, 0.29) is 30.6 Å². The van der Waals surface area contributed by atoms with Crippen LogP contribution >= 0.6 is 11.8 Å². The van der Waals surface area contributed by atoms with Gasteiger partial charge in [-0.05, 0) is 5.92 Å².